The van der Waals surface area contributed by atoms with Crippen molar-refractivity contribution < 1.29 is 4.79 Å². The minimum Gasteiger partial charge on any atom is -0.331 e. The number of fused-ring (bicyclic) bond motifs is 1. The molecule has 1 heterocycles. The van der Waals surface area contributed by atoms with Crippen molar-refractivity contribution in [3.8, 4) is 5.69 Å². The quantitative estimate of drug-likeness (QED) is 0.443. The lowest BCUT2D eigenvalue weighted by molar-refractivity contribution is 0.102. The maximum absolute atomic E-state index is 13.0. The molecule has 3 aromatic carbocycles. The van der Waals surface area contributed by atoms with E-state index < -0.39 is 0 Å². The van der Waals surface area contributed by atoms with E-state index in [4.69, 9.17) is 23.8 Å². The predicted molar refractivity (Wildman–Crippen MR) is 119 cm³/mol. The number of halogens is 1. The minimum absolute atomic E-state index is 0.243. The molecule has 0 radical (unpaired) electrons. The normalized spacial score (nSPS) is 10.8. The topological polar surface area (TPSA) is 66.9 Å². The summed E-state index contributed by atoms with van der Waals surface area (Å²) in [5.41, 5.74) is 2.76. The molecule has 1 amide bonds. The second-order valence-corrected chi connectivity index (χ2v) is 7.33. The summed E-state index contributed by atoms with van der Waals surface area (Å²) in [4.78, 5) is 28.7. The lowest BCUT2D eigenvalue weighted by Crippen LogP contribution is -2.21. The number of carbonyl (C=O) groups is 1. The predicted octanol–water partition coefficient (Wildman–Crippen LogP) is 5.26. The number of H-pyrrole nitrogens is 1. The molecule has 0 aliphatic rings. The zero-order valence-electron chi connectivity index (χ0n) is 15.4. The van der Waals surface area contributed by atoms with Crippen molar-refractivity contribution in [2.45, 2.75) is 6.92 Å². The van der Waals surface area contributed by atoms with E-state index in [0.29, 0.717) is 32.9 Å². The molecule has 0 atom stereocenters. The van der Waals surface area contributed by atoms with Crippen LogP contribution in [0.5, 0.6) is 0 Å². The van der Waals surface area contributed by atoms with E-state index in [1.165, 1.54) is 4.57 Å². The Morgan fingerprint density at radius 1 is 1.07 bits per heavy atom. The molecule has 4 aromatic rings. The number of carbonyl (C=O) groups excluding carboxylic acids is 1. The summed E-state index contributed by atoms with van der Waals surface area (Å²) in [5, 5.41) is 3.87. The molecule has 1 aromatic heterocycles. The van der Waals surface area contributed by atoms with E-state index in [9.17, 15) is 9.59 Å². The van der Waals surface area contributed by atoms with Crippen molar-refractivity contribution in [2.75, 3.05) is 5.32 Å². The number of rotatable bonds is 3. The summed E-state index contributed by atoms with van der Waals surface area (Å²) < 4.78 is 1.70. The average Bonchev–Trinajstić information content (AvgIpc) is 2.72. The highest BCUT2D eigenvalue weighted by atomic mass is 35.5. The average molecular weight is 422 g/mol. The van der Waals surface area contributed by atoms with Crippen molar-refractivity contribution in [3.63, 3.8) is 0 Å². The molecule has 0 saturated heterocycles. The maximum atomic E-state index is 13.0. The molecule has 0 aliphatic heterocycles. The first-order valence-electron chi connectivity index (χ1n) is 8.86. The zero-order valence-corrected chi connectivity index (χ0v) is 17.0. The van der Waals surface area contributed by atoms with Crippen molar-refractivity contribution in [3.05, 3.63) is 98.0 Å². The van der Waals surface area contributed by atoms with Gasteiger partial charge in [-0.25, -0.2) is 0 Å². The fraction of sp³-hybridized carbons (Fsp3) is 0.0455. The number of nitrogens with zero attached hydrogens (tertiary/aromatic N) is 1. The fourth-order valence-electron chi connectivity index (χ4n) is 3.11. The minimum atomic E-state index is -0.302. The van der Waals surface area contributed by atoms with Gasteiger partial charge in [0.25, 0.3) is 11.5 Å². The van der Waals surface area contributed by atoms with Gasteiger partial charge < -0.3 is 10.3 Å². The zero-order chi connectivity index (χ0) is 20.5. The molecule has 0 bridgehead atoms. The Kier molecular flexibility index (Phi) is 5.05. The lowest BCUT2D eigenvalue weighted by Gasteiger charge is -2.11. The molecule has 2 N–H and O–H groups in total. The highest BCUT2D eigenvalue weighted by molar-refractivity contribution is 7.71. The van der Waals surface area contributed by atoms with Crippen LogP contribution in [-0.4, -0.2) is 15.5 Å². The summed E-state index contributed by atoms with van der Waals surface area (Å²) in [7, 11) is 0. The first kappa shape index (κ1) is 19.1. The molecule has 7 heteroatoms. The SMILES string of the molecule is Cc1c(Cl)cccc1NC(=O)c1ccc2c(=O)n(-c3ccccc3)c(=S)[nH]c2c1. The molecule has 4 rings (SSSR count). The van der Waals surface area contributed by atoms with E-state index in [1.54, 1.807) is 36.4 Å². The molecule has 0 fully saturated rings. The highest BCUT2D eigenvalue weighted by Gasteiger charge is 2.13. The van der Waals surface area contributed by atoms with Gasteiger partial charge in [0, 0.05) is 16.3 Å². The molecule has 0 spiro atoms. The van der Waals surface area contributed by atoms with Gasteiger partial charge in [0.15, 0.2) is 4.77 Å². The second-order valence-electron chi connectivity index (χ2n) is 6.53. The Labute approximate surface area is 176 Å². The van der Waals surface area contributed by atoms with Gasteiger partial charge in [-0.15, -0.1) is 0 Å². The van der Waals surface area contributed by atoms with Crippen LogP contribution in [0.1, 0.15) is 15.9 Å². The van der Waals surface area contributed by atoms with E-state index in [-0.39, 0.29) is 16.2 Å². The number of anilines is 1. The summed E-state index contributed by atoms with van der Waals surface area (Å²) in [6.07, 6.45) is 0. The van der Waals surface area contributed by atoms with Gasteiger partial charge in [-0.1, -0.05) is 35.9 Å². The number of aromatic amines is 1. The third-order valence-electron chi connectivity index (χ3n) is 4.69. The van der Waals surface area contributed by atoms with Gasteiger partial charge in [0.2, 0.25) is 0 Å². The number of para-hydroxylation sites is 1. The molecular weight excluding hydrogens is 406 g/mol. The standard InChI is InChI=1S/C22H16ClN3O2S/c1-13-17(23)8-5-9-18(13)24-20(27)14-10-11-16-19(12-14)25-22(29)26(21(16)28)15-6-3-2-4-7-15/h2-12H,1H3,(H,24,27)(H,25,29). The number of hydrogen-bond acceptors (Lipinski definition) is 3. The monoisotopic (exact) mass is 421 g/mol. The third-order valence-corrected chi connectivity index (χ3v) is 5.38. The molecule has 144 valence electrons. The van der Waals surface area contributed by atoms with Crippen LogP contribution in [0.3, 0.4) is 0 Å². The second kappa shape index (κ2) is 7.66. The molecule has 5 nitrogen and oxygen atoms in total. The van der Waals surface area contributed by atoms with Crippen LogP contribution in [0.15, 0.2) is 71.5 Å². The van der Waals surface area contributed by atoms with E-state index in [1.807, 2.05) is 37.3 Å². The Hall–Kier alpha value is -3.22. The Bertz CT molecular complexity index is 1360. The number of amides is 1. The van der Waals surface area contributed by atoms with E-state index in [2.05, 4.69) is 10.3 Å². The van der Waals surface area contributed by atoms with Crippen molar-refractivity contribution in [1.82, 2.24) is 9.55 Å². The summed E-state index contributed by atoms with van der Waals surface area (Å²) >= 11 is 11.5. The van der Waals surface area contributed by atoms with Crippen LogP contribution in [0.25, 0.3) is 16.6 Å². The van der Waals surface area contributed by atoms with Crippen LogP contribution >= 0.6 is 23.8 Å². The van der Waals surface area contributed by atoms with Crippen LogP contribution in [0.4, 0.5) is 5.69 Å². The molecule has 0 saturated carbocycles. The van der Waals surface area contributed by atoms with Gasteiger partial charge in [-0.2, -0.15) is 0 Å². The van der Waals surface area contributed by atoms with Gasteiger partial charge in [0.1, 0.15) is 0 Å². The van der Waals surface area contributed by atoms with Gasteiger partial charge >= 0.3 is 0 Å². The summed E-state index contributed by atoms with van der Waals surface area (Å²) in [6.45, 7) is 1.83. The van der Waals surface area contributed by atoms with Crippen LogP contribution in [0.2, 0.25) is 5.02 Å². The lowest BCUT2D eigenvalue weighted by atomic mass is 10.1. The smallest absolute Gasteiger partial charge is 0.266 e. The molecular formula is C22H16ClN3O2S. The maximum Gasteiger partial charge on any atom is 0.266 e. The van der Waals surface area contributed by atoms with Crippen LogP contribution in [-0.2, 0) is 0 Å². The van der Waals surface area contributed by atoms with Crippen molar-refractivity contribution in [2.24, 2.45) is 0 Å². The number of aromatic nitrogens is 2. The Balaban J connectivity index is 1.75. The number of hydrogen-bond donors (Lipinski definition) is 2. The highest BCUT2D eigenvalue weighted by Crippen LogP contribution is 2.23. The first-order chi connectivity index (χ1) is 14.0. The molecule has 29 heavy (non-hydrogen) atoms. The Morgan fingerprint density at radius 2 is 1.83 bits per heavy atom. The summed E-state index contributed by atoms with van der Waals surface area (Å²) in [5.74, 6) is -0.302. The largest absolute Gasteiger partial charge is 0.331 e. The fourth-order valence-corrected chi connectivity index (χ4v) is 3.58. The van der Waals surface area contributed by atoms with Gasteiger partial charge in [0.05, 0.1) is 16.6 Å². The van der Waals surface area contributed by atoms with E-state index in [0.717, 1.165) is 5.56 Å². The molecule has 0 aliphatic carbocycles. The Morgan fingerprint density at radius 3 is 2.59 bits per heavy atom. The number of nitrogens with one attached hydrogen (secondary N) is 2. The first-order valence-corrected chi connectivity index (χ1v) is 9.65. The summed E-state index contributed by atoms with van der Waals surface area (Å²) in [6, 6.07) is 19.4. The van der Waals surface area contributed by atoms with Crippen molar-refractivity contribution >= 4 is 46.3 Å². The third kappa shape index (κ3) is 3.60. The van der Waals surface area contributed by atoms with Gasteiger partial charge in [-0.3, -0.25) is 14.2 Å². The van der Waals surface area contributed by atoms with Gasteiger partial charge in [-0.05, 0) is 67.2 Å². The molecule has 0 unspecified atom stereocenters. The van der Waals surface area contributed by atoms with Crippen molar-refractivity contribution in [1.29, 1.82) is 0 Å². The van der Waals surface area contributed by atoms with Crippen LogP contribution in [0, 0.1) is 11.7 Å². The van der Waals surface area contributed by atoms with Crippen LogP contribution < -0.4 is 10.9 Å². The number of benzene rings is 3. The van der Waals surface area contributed by atoms with E-state index >= 15 is 0 Å².